The fourth-order valence-corrected chi connectivity index (χ4v) is 8.13. The third kappa shape index (κ3) is 4.16. The number of likely N-dealkylation sites (tertiary alicyclic amines) is 1. The molecule has 0 radical (unpaired) electrons. The smallest absolute Gasteiger partial charge is 0.178 e. The van der Waals surface area contributed by atoms with E-state index in [0.29, 0.717) is 18.9 Å². The summed E-state index contributed by atoms with van der Waals surface area (Å²) in [5, 5.41) is 1.22. The molecule has 0 unspecified atom stereocenters. The van der Waals surface area contributed by atoms with Crippen molar-refractivity contribution in [2.75, 3.05) is 31.1 Å². The fourth-order valence-electron chi connectivity index (χ4n) is 5.29. The second-order valence-electron chi connectivity index (χ2n) is 9.21. The molecular formula is C24H29N3O3S2. The largest absolute Gasteiger partial charge is 0.344 e. The lowest BCUT2D eigenvalue weighted by molar-refractivity contribution is 0.0908. The quantitative estimate of drug-likeness (QED) is 0.523. The van der Waals surface area contributed by atoms with Gasteiger partial charge in [0.05, 0.1) is 33.3 Å². The first-order valence-corrected chi connectivity index (χ1v) is 13.9. The van der Waals surface area contributed by atoms with Crippen LogP contribution < -0.4 is 0 Å². The Balaban J connectivity index is 1.23. The van der Waals surface area contributed by atoms with Crippen LogP contribution >= 0.6 is 11.3 Å². The first kappa shape index (κ1) is 21.8. The van der Waals surface area contributed by atoms with Gasteiger partial charge in [-0.25, -0.2) is 13.4 Å². The van der Waals surface area contributed by atoms with E-state index >= 15 is 0 Å². The molecule has 0 bridgehead atoms. The highest BCUT2D eigenvalue weighted by molar-refractivity contribution is 7.91. The van der Waals surface area contributed by atoms with E-state index in [2.05, 4.69) is 27.7 Å². The number of hydrogen-bond donors (Lipinski definition) is 0. The molecular weight excluding hydrogens is 442 g/mol. The summed E-state index contributed by atoms with van der Waals surface area (Å²) in [6.07, 6.45) is 2.67. The third-order valence-electron chi connectivity index (χ3n) is 6.97. The highest BCUT2D eigenvalue weighted by Gasteiger charge is 2.32. The van der Waals surface area contributed by atoms with E-state index in [0.717, 1.165) is 48.4 Å². The molecule has 0 saturated carbocycles. The lowest BCUT2D eigenvalue weighted by Crippen LogP contribution is -2.37. The van der Waals surface area contributed by atoms with Crippen molar-refractivity contribution in [1.29, 1.82) is 0 Å². The Morgan fingerprint density at radius 2 is 1.91 bits per heavy atom. The number of sulfone groups is 1. The van der Waals surface area contributed by atoms with Crippen LogP contribution in [0.5, 0.6) is 0 Å². The van der Waals surface area contributed by atoms with Crippen LogP contribution in [0.3, 0.4) is 0 Å². The van der Waals surface area contributed by atoms with E-state index in [4.69, 9.17) is 4.98 Å². The van der Waals surface area contributed by atoms with E-state index in [-0.39, 0.29) is 23.3 Å². The number of piperidine rings is 1. The standard InChI is InChI=1S/C24H29N3O3S2/c1-16-13-20(17(2)27(16)19-9-12-32(29,30)15-19)22(28)14-26-10-7-18(8-11-26)24-25-21-5-3-4-6-23(21)31-24/h3-6,13,18-19H,7-12,14-15H2,1-2H3/t19-/m0/s1. The molecule has 32 heavy (non-hydrogen) atoms. The van der Waals surface area contributed by atoms with Crippen LogP contribution in [-0.2, 0) is 9.84 Å². The minimum atomic E-state index is -2.97. The molecule has 1 atom stereocenters. The molecule has 6 nitrogen and oxygen atoms in total. The van der Waals surface area contributed by atoms with Crippen molar-refractivity contribution in [3.05, 3.63) is 52.3 Å². The zero-order valence-corrected chi connectivity index (χ0v) is 20.2. The Kier molecular flexibility index (Phi) is 5.72. The van der Waals surface area contributed by atoms with Crippen LogP contribution in [0.25, 0.3) is 10.2 Å². The Morgan fingerprint density at radius 3 is 2.59 bits per heavy atom. The fraction of sp³-hybridized carbons (Fsp3) is 0.500. The first-order valence-electron chi connectivity index (χ1n) is 11.3. The zero-order chi connectivity index (χ0) is 22.5. The summed E-state index contributed by atoms with van der Waals surface area (Å²) in [5.74, 6) is 1.01. The maximum absolute atomic E-state index is 13.1. The number of aryl methyl sites for hydroxylation is 1. The van der Waals surface area contributed by atoms with Gasteiger partial charge >= 0.3 is 0 Å². The Morgan fingerprint density at radius 1 is 1.16 bits per heavy atom. The number of aromatic nitrogens is 2. The average Bonchev–Trinajstić information content (AvgIpc) is 3.43. The molecule has 170 valence electrons. The van der Waals surface area contributed by atoms with Gasteiger partial charge in [-0.1, -0.05) is 12.1 Å². The van der Waals surface area contributed by atoms with E-state index < -0.39 is 9.84 Å². The molecule has 2 fully saturated rings. The second-order valence-corrected chi connectivity index (χ2v) is 12.5. The van der Waals surface area contributed by atoms with Crippen LogP contribution in [0.1, 0.15) is 58.0 Å². The van der Waals surface area contributed by atoms with Gasteiger partial charge in [-0.05, 0) is 64.4 Å². The summed E-state index contributed by atoms with van der Waals surface area (Å²) in [6, 6.07) is 10.2. The van der Waals surface area contributed by atoms with Gasteiger partial charge < -0.3 is 4.57 Å². The van der Waals surface area contributed by atoms with Crippen LogP contribution in [0, 0.1) is 13.8 Å². The molecule has 0 aliphatic carbocycles. The number of fused-ring (bicyclic) bond motifs is 1. The monoisotopic (exact) mass is 471 g/mol. The molecule has 2 saturated heterocycles. The van der Waals surface area contributed by atoms with Gasteiger partial charge in [0, 0.05) is 28.9 Å². The van der Waals surface area contributed by atoms with Crippen molar-refractivity contribution in [2.24, 2.45) is 0 Å². The highest BCUT2D eigenvalue weighted by Crippen LogP contribution is 2.34. The van der Waals surface area contributed by atoms with Crippen molar-refractivity contribution in [3.63, 3.8) is 0 Å². The maximum atomic E-state index is 13.1. The molecule has 0 amide bonds. The van der Waals surface area contributed by atoms with E-state index in [9.17, 15) is 13.2 Å². The number of para-hydroxylation sites is 1. The predicted octanol–water partition coefficient (Wildman–Crippen LogP) is 4.14. The maximum Gasteiger partial charge on any atom is 0.178 e. The lowest BCUT2D eigenvalue weighted by Gasteiger charge is -2.30. The van der Waals surface area contributed by atoms with Crippen molar-refractivity contribution in [2.45, 2.75) is 45.1 Å². The third-order valence-corrected chi connectivity index (χ3v) is 9.92. The molecule has 0 N–H and O–H groups in total. The average molecular weight is 472 g/mol. The summed E-state index contributed by atoms with van der Waals surface area (Å²) in [7, 11) is -2.97. The molecule has 2 aliphatic heterocycles. The molecule has 0 spiro atoms. The van der Waals surface area contributed by atoms with Gasteiger partial charge in [-0.15, -0.1) is 11.3 Å². The second kappa shape index (κ2) is 8.39. The van der Waals surface area contributed by atoms with Gasteiger partial charge in [0.2, 0.25) is 0 Å². The Hall–Kier alpha value is -2.03. The van der Waals surface area contributed by atoms with E-state index in [1.807, 2.05) is 26.0 Å². The summed E-state index contributed by atoms with van der Waals surface area (Å²) in [5.41, 5.74) is 3.69. The molecule has 5 rings (SSSR count). The highest BCUT2D eigenvalue weighted by atomic mass is 32.2. The molecule has 3 aromatic rings. The molecule has 8 heteroatoms. The number of benzene rings is 1. The summed E-state index contributed by atoms with van der Waals surface area (Å²) >= 11 is 1.79. The van der Waals surface area contributed by atoms with Crippen molar-refractivity contribution in [3.8, 4) is 0 Å². The number of carbonyl (C=O) groups is 1. The minimum absolute atomic E-state index is 0.0499. The van der Waals surface area contributed by atoms with Crippen LogP contribution in [0.2, 0.25) is 0 Å². The lowest BCUT2D eigenvalue weighted by atomic mass is 9.97. The Labute approximate surface area is 193 Å². The number of nitrogens with zero attached hydrogens (tertiary/aromatic N) is 3. The molecule has 2 aliphatic rings. The van der Waals surface area contributed by atoms with Crippen LogP contribution in [0.4, 0.5) is 0 Å². The zero-order valence-electron chi connectivity index (χ0n) is 18.6. The number of rotatable bonds is 5. The molecule has 4 heterocycles. The predicted molar refractivity (Wildman–Crippen MR) is 129 cm³/mol. The number of carbonyl (C=O) groups excluding carboxylic acids is 1. The number of ketones is 1. The normalized spacial score (nSPS) is 22.0. The SMILES string of the molecule is Cc1cc(C(=O)CN2CCC(c3nc4ccccc4s3)CC2)c(C)n1[C@H]1CCS(=O)(=O)C1. The van der Waals surface area contributed by atoms with Crippen molar-refractivity contribution >= 4 is 37.2 Å². The van der Waals surface area contributed by atoms with Crippen LogP contribution in [0.15, 0.2) is 30.3 Å². The van der Waals surface area contributed by atoms with E-state index in [1.165, 1.54) is 9.71 Å². The van der Waals surface area contributed by atoms with Crippen LogP contribution in [-0.4, -0.2) is 59.8 Å². The van der Waals surface area contributed by atoms with Gasteiger partial charge in [-0.3, -0.25) is 9.69 Å². The number of thiazole rings is 1. The minimum Gasteiger partial charge on any atom is -0.344 e. The van der Waals surface area contributed by atoms with Gasteiger partial charge in [-0.2, -0.15) is 0 Å². The first-order chi connectivity index (χ1) is 15.3. The van der Waals surface area contributed by atoms with Crippen molar-refractivity contribution < 1.29 is 13.2 Å². The van der Waals surface area contributed by atoms with Crippen molar-refractivity contribution in [1.82, 2.24) is 14.5 Å². The van der Waals surface area contributed by atoms with E-state index in [1.54, 1.807) is 11.3 Å². The van der Waals surface area contributed by atoms with Gasteiger partial charge in [0.25, 0.3) is 0 Å². The van der Waals surface area contributed by atoms with Gasteiger partial charge in [0.15, 0.2) is 15.6 Å². The molecule has 1 aromatic carbocycles. The Bertz CT molecular complexity index is 1230. The topological polar surface area (TPSA) is 72.3 Å². The molecule has 2 aromatic heterocycles. The summed E-state index contributed by atoms with van der Waals surface area (Å²) in [6.45, 7) is 6.13. The number of Topliss-reactive ketones (excluding diaryl/α,β-unsaturated/α-hetero) is 1. The summed E-state index contributed by atoms with van der Waals surface area (Å²) < 4.78 is 27.2. The summed E-state index contributed by atoms with van der Waals surface area (Å²) in [4.78, 5) is 20.2. The number of hydrogen-bond acceptors (Lipinski definition) is 6. The van der Waals surface area contributed by atoms with Gasteiger partial charge in [0.1, 0.15) is 0 Å².